The van der Waals surface area contributed by atoms with Gasteiger partial charge in [-0.15, -0.1) is 0 Å². The first kappa shape index (κ1) is 17.9. The Labute approximate surface area is 163 Å². The van der Waals surface area contributed by atoms with E-state index in [0.29, 0.717) is 24.3 Å². The third kappa shape index (κ3) is 3.68. The zero-order valence-corrected chi connectivity index (χ0v) is 16.3. The van der Waals surface area contributed by atoms with Crippen LogP contribution in [-0.4, -0.2) is 56.5 Å². The molecule has 0 unspecified atom stereocenters. The third-order valence-corrected chi connectivity index (χ3v) is 5.24. The highest BCUT2D eigenvalue weighted by Crippen LogP contribution is 2.17. The zero-order valence-electron chi connectivity index (χ0n) is 15.5. The molecule has 27 heavy (non-hydrogen) atoms. The number of hydrogen-bond acceptors (Lipinski definition) is 4. The van der Waals surface area contributed by atoms with Gasteiger partial charge in [-0.25, -0.2) is 9.50 Å². The lowest BCUT2D eigenvalue weighted by atomic mass is 10.2. The minimum absolute atomic E-state index is 0.00800. The van der Waals surface area contributed by atoms with Crippen LogP contribution in [0.4, 0.5) is 0 Å². The molecule has 2 aromatic heterocycles. The Morgan fingerprint density at radius 3 is 2.52 bits per heavy atom. The van der Waals surface area contributed by atoms with Crippen LogP contribution in [0.5, 0.6) is 0 Å². The van der Waals surface area contributed by atoms with E-state index in [0.717, 1.165) is 36.0 Å². The molecular weight excluding hydrogens is 362 g/mol. The molecule has 4 rings (SSSR count). The number of aryl methyl sites for hydroxylation is 2. The summed E-state index contributed by atoms with van der Waals surface area (Å²) in [5.41, 5.74) is 4.32. The molecule has 0 spiro atoms. The summed E-state index contributed by atoms with van der Waals surface area (Å²) in [5, 5.41) is 5.09. The van der Waals surface area contributed by atoms with Gasteiger partial charge in [-0.1, -0.05) is 23.7 Å². The van der Waals surface area contributed by atoms with Crippen LogP contribution in [0.2, 0.25) is 5.02 Å². The fourth-order valence-corrected chi connectivity index (χ4v) is 3.67. The Balaban J connectivity index is 1.44. The highest BCUT2D eigenvalue weighted by molar-refractivity contribution is 6.30. The van der Waals surface area contributed by atoms with Gasteiger partial charge in [0.15, 0.2) is 5.65 Å². The molecule has 1 aliphatic rings. The summed E-state index contributed by atoms with van der Waals surface area (Å²) in [5.74, 6) is 0.00800. The van der Waals surface area contributed by atoms with E-state index in [1.807, 2.05) is 36.9 Å². The van der Waals surface area contributed by atoms with Crippen molar-refractivity contribution in [1.82, 2.24) is 24.4 Å². The number of halogens is 1. The minimum atomic E-state index is 0.00800. The van der Waals surface area contributed by atoms with Crippen LogP contribution < -0.4 is 0 Å². The molecule has 1 aromatic carbocycles. The number of carbonyl (C=O) groups excluding carboxylic acids is 1. The molecule has 0 atom stereocenters. The van der Waals surface area contributed by atoms with Crippen LogP contribution in [-0.2, 0) is 6.54 Å². The van der Waals surface area contributed by atoms with Crippen molar-refractivity contribution >= 4 is 23.2 Å². The van der Waals surface area contributed by atoms with E-state index in [1.54, 1.807) is 10.7 Å². The van der Waals surface area contributed by atoms with Crippen molar-refractivity contribution in [1.29, 1.82) is 0 Å². The molecule has 1 aliphatic heterocycles. The minimum Gasteiger partial charge on any atom is -0.336 e. The highest BCUT2D eigenvalue weighted by Gasteiger charge is 2.25. The van der Waals surface area contributed by atoms with Crippen LogP contribution in [0.1, 0.15) is 27.3 Å². The van der Waals surface area contributed by atoms with Gasteiger partial charge in [0, 0.05) is 49.1 Å². The summed E-state index contributed by atoms with van der Waals surface area (Å²) in [6, 6.07) is 9.89. The Kier molecular flexibility index (Phi) is 4.85. The molecule has 0 aliphatic carbocycles. The van der Waals surface area contributed by atoms with Gasteiger partial charge in [0.1, 0.15) is 5.56 Å². The zero-order chi connectivity index (χ0) is 19.0. The summed E-state index contributed by atoms with van der Waals surface area (Å²) in [6.07, 6.45) is 1.64. The molecule has 0 saturated carbocycles. The van der Waals surface area contributed by atoms with Crippen LogP contribution in [0.25, 0.3) is 5.65 Å². The summed E-state index contributed by atoms with van der Waals surface area (Å²) >= 11 is 5.95. The number of benzene rings is 1. The van der Waals surface area contributed by atoms with Crippen molar-refractivity contribution in [2.75, 3.05) is 26.2 Å². The first-order chi connectivity index (χ1) is 13.0. The summed E-state index contributed by atoms with van der Waals surface area (Å²) < 4.78 is 1.73. The molecule has 6 nitrogen and oxygen atoms in total. The Bertz CT molecular complexity index is 974. The number of hydrogen-bond donors (Lipinski definition) is 0. The number of rotatable bonds is 3. The lowest BCUT2D eigenvalue weighted by Crippen LogP contribution is -2.48. The second-order valence-electron chi connectivity index (χ2n) is 7.03. The molecular formula is C20H22ClN5O. The predicted octanol–water partition coefficient (Wildman–Crippen LogP) is 2.96. The number of amides is 1. The van der Waals surface area contributed by atoms with E-state index in [2.05, 4.69) is 27.1 Å². The SMILES string of the molecule is Cc1cc(C)n2ncc(C(=O)N3CCN(Cc4ccc(Cl)cc4)CC3)c2n1. The predicted molar refractivity (Wildman–Crippen MR) is 105 cm³/mol. The summed E-state index contributed by atoms with van der Waals surface area (Å²) in [4.78, 5) is 21.8. The second kappa shape index (κ2) is 7.29. The normalized spacial score (nSPS) is 15.4. The van der Waals surface area contributed by atoms with Crippen molar-refractivity contribution in [3.8, 4) is 0 Å². The molecule has 0 bridgehead atoms. The molecule has 1 amide bonds. The van der Waals surface area contributed by atoms with Crippen LogP contribution in [0.15, 0.2) is 36.5 Å². The first-order valence-corrected chi connectivity index (χ1v) is 9.47. The Hall–Kier alpha value is -2.44. The van der Waals surface area contributed by atoms with E-state index in [1.165, 1.54) is 5.56 Å². The average molecular weight is 384 g/mol. The number of piperazine rings is 1. The molecule has 1 saturated heterocycles. The molecule has 3 aromatic rings. The van der Waals surface area contributed by atoms with Gasteiger partial charge < -0.3 is 4.90 Å². The van der Waals surface area contributed by atoms with Gasteiger partial charge in [0.2, 0.25) is 0 Å². The van der Waals surface area contributed by atoms with E-state index >= 15 is 0 Å². The second-order valence-corrected chi connectivity index (χ2v) is 7.46. The van der Waals surface area contributed by atoms with Gasteiger partial charge >= 0.3 is 0 Å². The molecule has 0 N–H and O–H groups in total. The van der Waals surface area contributed by atoms with Crippen LogP contribution in [0.3, 0.4) is 0 Å². The summed E-state index contributed by atoms with van der Waals surface area (Å²) in [7, 11) is 0. The molecule has 3 heterocycles. The topological polar surface area (TPSA) is 53.7 Å². The van der Waals surface area contributed by atoms with E-state index in [-0.39, 0.29) is 5.91 Å². The van der Waals surface area contributed by atoms with Crippen molar-refractivity contribution in [3.05, 3.63) is 64.1 Å². The molecule has 140 valence electrons. The Morgan fingerprint density at radius 1 is 1.11 bits per heavy atom. The Morgan fingerprint density at radius 2 is 1.81 bits per heavy atom. The third-order valence-electron chi connectivity index (χ3n) is 4.99. The lowest BCUT2D eigenvalue weighted by molar-refractivity contribution is 0.0630. The smallest absolute Gasteiger partial charge is 0.259 e. The quantitative estimate of drug-likeness (QED) is 0.697. The van der Waals surface area contributed by atoms with Crippen molar-refractivity contribution in [2.24, 2.45) is 0 Å². The number of fused-ring (bicyclic) bond motifs is 1. The number of nitrogens with zero attached hydrogens (tertiary/aromatic N) is 5. The molecule has 1 fully saturated rings. The maximum absolute atomic E-state index is 13.0. The van der Waals surface area contributed by atoms with Crippen LogP contribution >= 0.6 is 11.6 Å². The number of carbonyl (C=O) groups is 1. The van der Waals surface area contributed by atoms with Gasteiger partial charge in [-0.2, -0.15) is 5.10 Å². The summed E-state index contributed by atoms with van der Waals surface area (Å²) in [6.45, 7) is 7.87. The van der Waals surface area contributed by atoms with Gasteiger partial charge in [-0.05, 0) is 37.6 Å². The van der Waals surface area contributed by atoms with Crippen molar-refractivity contribution in [2.45, 2.75) is 20.4 Å². The maximum Gasteiger partial charge on any atom is 0.259 e. The standard InChI is InChI=1S/C20H22ClN5O/c1-14-11-15(2)26-19(23-14)18(12-22-26)20(27)25-9-7-24(8-10-25)13-16-3-5-17(21)6-4-16/h3-6,11-12H,7-10,13H2,1-2H3. The fourth-order valence-electron chi connectivity index (χ4n) is 3.55. The average Bonchev–Trinajstić information content (AvgIpc) is 3.08. The molecule has 0 radical (unpaired) electrons. The van der Waals surface area contributed by atoms with E-state index in [9.17, 15) is 4.79 Å². The maximum atomic E-state index is 13.0. The number of aromatic nitrogens is 3. The van der Waals surface area contributed by atoms with Crippen LogP contribution in [0, 0.1) is 13.8 Å². The van der Waals surface area contributed by atoms with Gasteiger partial charge in [-0.3, -0.25) is 9.69 Å². The largest absolute Gasteiger partial charge is 0.336 e. The van der Waals surface area contributed by atoms with Crippen molar-refractivity contribution in [3.63, 3.8) is 0 Å². The van der Waals surface area contributed by atoms with Gasteiger partial charge in [0.25, 0.3) is 5.91 Å². The highest BCUT2D eigenvalue weighted by atomic mass is 35.5. The van der Waals surface area contributed by atoms with E-state index in [4.69, 9.17) is 11.6 Å². The first-order valence-electron chi connectivity index (χ1n) is 9.09. The fraction of sp³-hybridized carbons (Fsp3) is 0.350. The van der Waals surface area contributed by atoms with Crippen molar-refractivity contribution < 1.29 is 4.79 Å². The monoisotopic (exact) mass is 383 g/mol. The van der Waals surface area contributed by atoms with E-state index < -0.39 is 0 Å². The lowest BCUT2D eigenvalue weighted by Gasteiger charge is -2.34. The molecule has 7 heteroatoms. The van der Waals surface area contributed by atoms with Gasteiger partial charge in [0.05, 0.1) is 6.20 Å².